The van der Waals surface area contributed by atoms with Crippen molar-refractivity contribution in [2.45, 2.75) is 57.7 Å². The summed E-state index contributed by atoms with van der Waals surface area (Å²) in [4.78, 5) is 40.3. The van der Waals surface area contributed by atoms with Gasteiger partial charge in [-0.2, -0.15) is 4.31 Å². The van der Waals surface area contributed by atoms with Gasteiger partial charge in [-0.05, 0) is 55.9 Å². The molecule has 204 valence electrons. The number of nitrogens with one attached hydrogen (secondary N) is 1. The molecule has 2 fully saturated rings. The van der Waals surface area contributed by atoms with E-state index in [9.17, 15) is 22.8 Å². The number of benzene rings is 2. The standard InChI is InChI=1S/C28H35N3O6S/c1-3-8-21-11-13-23(14-12-21)27(34)38(35,36)30-17-15-28(16-18-30)29-24(19-22-9-6-5-7-10-22)26(33)31(28)20-25(32)37-4-2/h5-7,9-14,24,29H,3-4,8,15-20H2,1-2H3. The molecule has 1 N–H and O–H groups in total. The molecule has 1 unspecified atom stereocenters. The molecular formula is C28H35N3O6S. The van der Waals surface area contributed by atoms with Gasteiger partial charge in [-0.3, -0.25) is 19.7 Å². The first-order valence-corrected chi connectivity index (χ1v) is 14.6. The molecule has 1 amide bonds. The summed E-state index contributed by atoms with van der Waals surface area (Å²) in [5.41, 5.74) is 1.25. The predicted molar refractivity (Wildman–Crippen MR) is 143 cm³/mol. The van der Waals surface area contributed by atoms with Gasteiger partial charge in [0.05, 0.1) is 18.3 Å². The summed E-state index contributed by atoms with van der Waals surface area (Å²) in [7, 11) is -4.24. The van der Waals surface area contributed by atoms with E-state index < -0.39 is 32.8 Å². The van der Waals surface area contributed by atoms with Gasteiger partial charge in [0.15, 0.2) is 0 Å². The second-order valence-electron chi connectivity index (χ2n) is 9.79. The Bertz CT molecular complexity index is 1260. The lowest BCUT2D eigenvalue weighted by atomic mass is 9.97. The normalized spacial score (nSPS) is 19.6. The minimum atomic E-state index is -4.24. The fourth-order valence-corrected chi connectivity index (χ4v) is 6.62. The molecule has 10 heteroatoms. The fourth-order valence-electron chi connectivity index (χ4n) is 5.29. The summed E-state index contributed by atoms with van der Waals surface area (Å²) in [6.07, 6.45) is 2.73. The van der Waals surface area contributed by atoms with Crippen molar-refractivity contribution in [1.82, 2.24) is 14.5 Å². The number of carbonyl (C=O) groups is 3. The van der Waals surface area contributed by atoms with Crippen LogP contribution in [-0.2, 0) is 37.2 Å². The van der Waals surface area contributed by atoms with Crippen LogP contribution in [0.1, 0.15) is 54.6 Å². The number of hydrogen-bond acceptors (Lipinski definition) is 7. The van der Waals surface area contributed by atoms with Gasteiger partial charge in [0, 0.05) is 18.7 Å². The summed E-state index contributed by atoms with van der Waals surface area (Å²) in [6.45, 7) is 3.81. The molecule has 2 aliphatic heterocycles. The molecule has 0 radical (unpaired) electrons. The van der Waals surface area contributed by atoms with Crippen molar-refractivity contribution < 1.29 is 27.5 Å². The molecule has 9 nitrogen and oxygen atoms in total. The number of ether oxygens (including phenoxy) is 1. The van der Waals surface area contributed by atoms with Gasteiger partial charge in [-0.15, -0.1) is 0 Å². The quantitative estimate of drug-likeness (QED) is 0.486. The summed E-state index contributed by atoms with van der Waals surface area (Å²) < 4.78 is 32.7. The maximum atomic E-state index is 13.4. The Labute approximate surface area is 224 Å². The summed E-state index contributed by atoms with van der Waals surface area (Å²) in [6, 6.07) is 15.7. The Morgan fingerprint density at radius 1 is 1.00 bits per heavy atom. The number of piperidine rings is 1. The Hall–Kier alpha value is -3.08. The van der Waals surface area contributed by atoms with E-state index in [0.29, 0.717) is 6.42 Å². The lowest BCUT2D eigenvalue weighted by Crippen LogP contribution is -2.60. The van der Waals surface area contributed by atoms with E-state index in [1.165, 1.54) is 9.21 Å². The molecular weight excluding hydrogens is 506 g/mol. The molecule has 2 saturated heterocycles. The van der Waals surface area contributed by atoms with Crippen LogP contribution in [-0.4, -0.2) is 72.6 Å². The minimum Gasteiger partial charge on any atom is -0.465 e. The van der Waals surface area contributed by atoms with Gasteiger partial charge in [0.25, 0.3) is 15.1 Å². The highest BCUT2D eigenvalue weighted by molar-refractivity contribution is 8.04. The lowest BCUT2D eigenvalue weighted by molar-refractivity contribution is -0.151. The second kappa shape index (κ2) is 11.8. The molecule has 0 aliphatic carbocycles. The third kappa shape index (κ3) is 5.82. The van der Waals surface area contributed by atoms with Crippen LogP contribution in [0.3, 0.4) is 0 Å². The topological polar surface area (TPSA) is 113 Å². The number of nitrogens with zero attached hydrogens (tertiary/aromatic N) is 2. The van der Waals surface area contributed by atoms with E-state index in [2.05, 4.69) is 12.2 Å². The van der Waals surface area contributed by atoms with Crippen LogP contribution in [0.5, 0.6) is 0 Å². The first-order valence-electron chi connectivity index (χ1n) is 13.1. The van der Waals surface area contributed by atoms with Gasteiger partial charge < -0.3 is 9.64 Å². The summed E-state index contributed by atoms with van der Waals surface area (Å²) in [5, 5.41) is 2.48. The first kappa shape index (κ1) is 27.9. The maximum Gasteiger partial charge on any atom is 0.325 e. The van der Waals surface area contributed by atoms with E-state index in [1.54, 1.807) is 31.2 Å². The molecule has 2 aromatic rings. The Morgan fingerprint density at radius 2 is 1.66 bits per heavy atom. The van der Waals surface area contributed by atoms with Crippen LogP contribution in [0.4, 0.5) is 0 Å². The Kier molecular flexibility index (Phi) is 8.64. The van der Waals surface area contributed by atoms with Crippen molar-refractivity contribution in [2.24, 2.45) is 0 Å². The van der Waals surface area contributed by atoms with Crippen LogP contribution in [0.25, 0.3) is 0 Å². The smallest absolute Gasteiger partial charge is 0.325 e. The van der Waals surface area contributed by atoms with E-state index in [0.717, 1.165) is 24.0 Å². The third-order valence-electron chi connectivity index (χ3n) is 7.25. The van der Waals surface area contributed by atoms with Crippen molar-refractivity contribution in [1.29, 1.82) is 0 Å². The molecule has 1 atom stereocenters. The van der Waals surface area contributed by atoms with E-state index in [1.807, 2.05) is 30.3 Å². The van der Waals surface area contributed by atoms with Gasteiger partial charge in [-0.1, -0.05) is 55.8 Å². The average molecular weight is 542 g/mol. The van der Waals surface area contributed by atoms with Crippen molar-refractivity contribution >= 4 is 27.0 Å². The molecule has 38 heavy (non-hydrogen) atoms. The third-order valence-corrected chi connectivity index (χ3v) is 9.00. The SMILES string of the molecule is CCCc1ccc(C(=O)S(=O)(=O)N2CCC3(CC2)NC(Cc2ccccc2)C(=O)N3CC(=O)OCC)cc1. The highest BCUT2D eigenvalue weighted by atomic mass is 32.2. The maximum absolute atomic E-state index is 13.4. The molecule has 4 rings (SSSR count). The van der Waals surface area contributed by atoms with Crippen molar-refractivity contribution in [3.8, 4) is 0 Å². The zero-order valence-corrected chi connectivity index (χ0v) is 22.7. The van der Waals surface area contributed by atoms with Crippen LogP contribution in [0.2, 0.25) is 0 Å². The number of amides is 1. The Morgan fingerprint density at radius 3 is 2.26 bits per heavy atom. The molecule has 0 bridgehead atoms. The number of sulfonamides is 1. The van der Waals surface area contributed by atoms with Crippen LogP contribution in [0, 0.1) is 0 Å². The summed E-state index contributed by atoms with van der Waals surface area (Å²) in [5.74, 6) is -0.736. The van der Waals surface area contributed by atoms with Crippen molar-refractivity contribution in [3.63, 3.8) is 0 Å². The number of esters is 1. The van der Waals surface area contributed by atoms with E-state index in [4.69, 9.17) is 4.74 Å². The highest BCUT2D eigenvalue weighted by Gasteiger charge is 2.53. The highest BCUT2D eigenvalue weighted by Crippen LogP contribution is 2.34. The van der Waals surface area contributed by atoms with Crippen LogP contribution >= 0.6 is 0 Å². The monoisotopic (exact) mass is 541 g/mol. The van der Waals surface area contributed by atoms with Crippen LogP contribution in [0.15, 0.2) is 54.6 Å². The second-order valence-corrected chi connectivity index (χ2v) is 11.6. The molecule has 2 aliphatic rings. The van der Waals surface area contributed by atoms with E-state index >= 15 is 0 Å². The largest absolute Gasteiger partial charge is 0.465 e. The number of hydrogen-bond donors (Lipinski definition) is 1. The fraction of sp³-hybridized carbons (Fsp3) is 0.464. The number of rotatable bonds is 9. The first-order chi connectivity index (χ1) is 18.2. The molecule has 0 saturated carbocycles. The van der Waals surface area contributed by atoms with Crippen molar-refractivity contribution in [3.05, 3.63) is 71.3 Å². The molecule has 2 aromatic carbocycles. The molecule has 0 aromatic heterocycles. The van der Waals surface area contributed by atoms with E-state index in [-0.39, 0.29) is 50.6 Å². The zero-order valence-electron chi connectivity index (χ0n) is 21.9. The van der Waals surface area contributed by atoms with Gasteiger partial charge >= 0.3 is 5.97 Å². The Balaban J connectivity index is 1.50. The number of aryl methyl sites for hydroxylation is 1. The zero-order chi connectivity index (χ0) is 27.3. The molecule has 2 heterocycles. The van der Waals surface area contributed by atoms with Gasteiger partial charge in [0.1, 0.15) is 6.54 Å². The van der Waals surface area contributed by atoms with Crippen molar-refractivity contribution in [2.75, 3.05) is 26.2 Å². The van der Waals surface area contributed by atoms with Gasteiger partial charge in [0.2, 0.25) is 5.91 Å². The van der Waals surface area contributed by atoms with Crippen LogP contribution < -0.4 is 5.32 Å². The minimum absolute atomic E-state index is 0.0413. The number of carbonyl (C=O) groups excluding carboxylic acids is 3. The average Bonchev–Trinajstić information content (AvgIpc) is 3.15. The predicted octanol–water partition coefficient (Wildman–Crippen LogP) is 2.51. The molecule has 1 spiro atoms. The lowest BCUT2D eigenvalue weighted by Gasteiger charge is -2.43. The van der Waals surface area contributed by atoms with Gasteiger partial charge in [-0.25, -0.2) is 8.42 Å². The summed E-state index contributed by atoms with van der Waals surface area (Å²) >= 11 is 0.